The van der Waals surface area contributed by atoms with E-state index in [-0.39, 0.29) is 5.69 Å². The standard InChI is InChI=1S/C23H17N3O6S/c1-13-17(4-3-5-18(13)23(28)31-2)19-8-7-16(32-19)12-24-25-22(27)21-11-14-10-15(26(29)30)6-9-20(14)33-21/h3-12H,1-2H3,(H,25,27)/b24-12-. The summed E-state index contributed by atoms with van der Waals surface area (Å²) in [4.78, 5) is 35.1. The lowest BCUT2D eigenvalue weighted by molar-refractivity contribution is -0.384. The highest BCUT2D eigenvalue weighted by Gasteiger charge is 2.15. The number of fused-ring (bicyclic) bond motifs is 1. The summed E-state index contributed by atoms with van der Waals surface area (Å²) in [6.07, 6.45) is 1.36. The number of benzene rings is 2. The Bertz CT molecular complexity index is 1420. The molecule has 4 rings (SSSR count). The molecule has 0 fully saturated rings. The third-order valence-corrected chi connectivity index (χ3v) is 6.04. The largest absolute Gasteiger partial charge is 0.465 e. The van der Waals surface area contributed by atoms with Crippen LogP contribution in [0.2, 0.25) is 0 Å². The van der Waals surface area contributed by atoms with Gasteiger partial charge in [-0.3, -0.25) is 14.9 Å². The molecule has 1 N–H and O–H groups in total. The topological polar surface area (TPSA) is 124 Å². The Morgan fingerprint density at radius 3 is 2.76 bits per heavy atom. The van der Waals surface area contributed by atoms with Gasteiger partial charge in [0.25, 0.3) is 11.6 Å². The number of hydrogen-bond donors (Lipinski definition) is 1. The highest BCUT2D eigenvalue weighted by Crippen LogP contribution is 2.29. The lowest BCUT2D eigenvalue weighted by atomic mass is 10.0. The minimum absolute atomic E-state index is 0.0359. The van der Waals surface area contributed by atoms with Gasteiger partial charge in [-0.25, -0.2) is 10.2 Å². The second-order valence-electron chi connectivity index (χ2n) is 6.96. The normalized spacial score (nSPS) is 11.1. The van der Waals surface area contributed by atoms with Gasteiger partial charge in [-0.05, 0) is 42.8 Å². The van der Waals surface area contributed by atoms with Crippen LogP contribution in [0.4, 0.5) is 5.69 Å². The van der Waals surface area contributed by atoms with Crippen molar-refractivity contribution < 1.29 is 23.7 Å². The van der Waals surface area contributed by atoms with Crippen LogP contribution >= 0.6 is 11.3 Å². The average molecular weight is 463 g/mol. The van der Waals surface area contributed by atoms with Gasteiger partial charge in [0.1, 0.15) is 11.5 Å². The van der Waals surface area contributed by atoms with E-state index >= 15 is 0 Å². The molecule has 0 unspecified atom stereocenters. The summed E-state index contributed by atoms with van der Waals surface area (Å²) in [5.41, 5.74) is 4.29. The molecule has 2 heterocycles. The first-order valence-corrected chi connectivity index (χ1v) is 10.5. The molecule has 10 heteroatoms. The molecule has 0 saturated carbocycles. The molecule has 9 nitrogen and oxygen atoms in total. The first-order valence-electron chi connectivity index (χ1n) is 9.67. The fourth-order valence-corrected chi connectivity index (χ4v) is 4.20. The Morgan fingerprint density at radius 1 is 1.18 bits per heavy atom. The molecule has 2 aromatic heterocycles. The van der Waals surface area contributed by atoms with Crippen LogP contribution in [0.3, 0.4) is 0 Å². The van der Waals surface area contributed by atoms with Gasteiger partial charge in [0, 0.05) is 27.8 Å². The third kappa shape index (κ3) is 4.51. The molecule has 0 radical (unpaired) electrons. The number of nitro benzene ring substituents is 1. The van der Waals surface area contributed by atoms with Crippen molar-refractivity contribution in [1.29, 1.82) is 0 Å². The molecule has 0 aliphatic rings. The highest BCUT2D eigenvalue weighted by molar-refractivity contribution is 7.20. The number of thiophene rings is 1. The lowest BCUT2D eigenvalue weighted by Crippen LogP contribution is -2.15. The van der Waals surface area contributed by atoms with Gasteiger partial charge in [0.15, 0.2) is 0 Å². The first kappa shape index (κ1) is 21.9. The Labute approximate surface area is 191 Å². The molecule has 0 aliphatic heterocycles. The van der Waals surface area contributed by atoms with E-state index in [4.69, 9.17) is 9.15 Å². The zero-order valence-electron chi connectivity index (χ0n) is 17.5. The van der Waals surface area contributed by atoms with Gasteiger partial charge in [-0.2, -0.15) is 5.10 Å². The van der Waals surface area contributed by atoms with Gasteiger partial charge in [0.05, 0.1) is 28.7 Å². The zero-order chi connectivity index (χ0) is 23.5. The molecule has 166 valence electrons. The Hall–Kier alpha value is -4.31. The molecule has 0 aliphatic carbocycles. The number of furan rings is 1. The van der Waals surface area contributed by atoms with Gasteiger partial charge < -0.3 is 9.15 Å². The molecule has 2 aromatic carbocycles. The Kier molecular flexibility index (Phi) is 6.01. The van der Waals surface area contributed by atoms with Crippen LogP contribution in [0.5, 0.6) is 0 Å². The minimum atomic E-state index is -0.480. The highest BCUT2D eigenvalue weighted by atomic mass is 32.1. The molecule has 0 atom stereocenters. The third-order valence-electron chi connectivity index (χ3n) is 4.92. The molecule has 4 aromatic rings. The van der Waals surface area contributed by atoms with Crippen LogP contribution in [-0.4, -0.2) is 30.1 Å². The summed E-state index contributed by atoms with van der Waals surface area (Å²) in [7, 11) is 1.33. The number of non-ortho nitro benzene ring substituents is 1. The molecule has 0 spiro atoms. The SMILES string of the molecule is COC(=O)c1cccc(-c2ccc(/C=N\NC(=O)c3cc4cc([N+](=O)[O-])ccc4s3)o2)c1C. The fraction of sp³-hybridized carbons (Fsp3) is 0.0870. The number of ether oxygens (including phenoxy) is 1. The van der Waals surface area contributed by atoms with Crippen LogP contribution < -0.4 is 5.43 Å². The summed E-state index contributed by atoms with van der Waals surface area (Å²) in [5.74, 6) is 0.0713. The maximum absolute atomic E-state index is 12.4. The number of hydrogen-bond acceptors (Lipinski definition) is 8. The number of nitrogens with one attached hydrogen (secondary N) is 1. The molecule has 0 saturated heterocycles. The second kappa shape index (κ2) is 9.05. The number of carbonyl (C=O) groups is 2. The van der Waals surface area contributed by atoms with Crippen LogP contribution in [0, 0.1) is 17.0 Å². The monoisotopic (exact) mass is 463 g/mol. The van der Waals surface area contributed by atoms with Crippen molar-refractivity contribution >= 4 is 45.2 Å². The number of nitro groups is 1. The van der Waals surface area contributed by atoms with E-state index in [0.717, 1.165) is 15.8 Å². The van der Waals surface area contributed by atoms with Gasteiger partial charge in [0.2, 0.25) is 0 Å². The number of carbonyl (C=O) groups excluding carboxylic acids is 2. The number of methoxy groups -OCH3 is 1. The van der Waals surface area contributed by atoms with E-state index in [0.29, 0.717) is 27.3 Å². The zero-order valence-corrected chi connectivity index (χ0v) is 18.3. The van der Waals surface area contributed by atoms with Crippen LogP contribution in [0.1, 0.15) is 31.4 Å². The van der Waals surface area contributed by atoms with Crippen LogP contribution in [0.15, 0.2) is 64.1 Å². The van der Waals surface area contributed by atoms with Crippen LogP contribution in [-0.2, 0) is 4.74 Å². The number of esters is 1. The smallest absolute Gasteiger partial charge is 0.338 e. The quantitative estimate of drug-likeness (QED) is 0.187. The van der Waals surface area contributed by atoms with E-state index < -0.39 is 16.8 Å². The van der Waals surface area contributed by atoms with Crippen molar-refractivity contribution in [2.24, 2.45) is 5.10 Å². The Balaban J connectivity index is 1.47. The predicted octanol–water partition coefficient (Wildman–Crippen LogP) is 4.93. The van der Waals surface area contributed by atoms with Crippen molar-refractivity contribution in [2.45, 2.75) is 6.92 Å². The maximum atomic E-state index is 12.4. The molecular formula is C23H17N3O6S. The van der Waals surface area contributed by atoms with Crippen molar-refractivity contribution in [3.63, 3.8) is 0 Å². The molecule has 0 bridgehead atoms. The Morgan fingerprint density at radius 2 is 2.00 bits per heavy atom. The summed E-state index contributed by atoms with van der Waals surface area (Å²) < 4.78 is 11.3. The summed E-state index contributed by atoms with van der Waals surface area (Å²) in [6, 6.07) is 14.7. The van der Waals surface area contributed by atoms with Gasteiger partial charge in [-0.15, -0.1) is 11.3 Å². The molecule has 1 amide bonds. The number of nitrogens with zero attached hydrogens (tertiary/aromatic N) is 2. The predicted molar refractivity (Wildman–Crippen MR) is 124 cm³/mol. The van der Waals surface area contributed by atoms with Crippen molar-refractivity contribution in [3.05, 3.63) is 86.5 Å². The maximum Gasteiger partial charge on any atom is 0.338 e. The molecular weight excluding hydrogens is 446 g/mol. The van der Waals surface area contributed by atoms with E-state index in [1.54, 1.807) is 43.3 Å². The van der Waals surface area contributed by atoms with E-state index in [1.165, 1.54) is 36.8 Å². The number of hydrazone groups is 1. The van der Waals surface area contributed by atoms with E-state index in [2.05, 4.69) is 10.5 Å². The average Bonchev–Trinajstić information content (AvgIpc) is 3.45. The van der Waals surface area contributed by atoms with E-state index in [9.17, 15) is 19.7 Å². The first-order chi connectivity index (χ1) is 15.9. The fourth-order valence-electron chi connectivity index (χ4n) is 3.27. The van der Waals surface area contributed by atoms with E-state index in [1.807, 2.05) is 6.07 Å². The number of rotatable bonds is 6. The van der Waals surface area contributed by atoms with Gasteiger partial charge in [-0.1, -0.05) is 12.1 Å². The summed E-state index contributed by atoms with van der Waals surface area (Å²) >= 11 is 1.21. The summed E-state index contributed by atoms with van der Waals surface area (Å²) in [6.45, 7) is 1.80. The minimum Gasteiger partial charge on any atom is -0.465 e. The summed E-state index contributed by atoms with van der Waals surface area (Å²) in [5, 5.41) is 15.5. The van der Waals surface area contributed by atoms with Crippen molar-refractivity contribution in [3.8, 4) is 11.3 Å². The number of amides is 1. The second-order valence-corrected chi connectivity index (χ2v) is 8.04. The van der Waals surface area contributed by atoms with Crippen LogP contribution in [0.25, 0.3) is 21.4 Å². The van der Waals surface area contributed by atoms with Crippen molar-refractivity contribution in [1.82, 2.24) is 5.43 Å². The van der Waals surface area contributed by atoms with Crippen molar-refractivity contribution in [2.75, 3.05) is 7.11 Å². The van der Waals surface area contributed by atoms with Gasteiger partial charge >= 0.3 is 5.97 Å². The molecule has 33 heavy (non-hydrogen) atoms. The lowest BCUT2D eigenvalue weighted by Gasteiger charge is -2.07.